The number of nitrogens with one attached hydrogen (secondary N) is 1. The summed E-state index contributed by atoms with van der Waals surface area (Å²) < 4.78 is 1.97. The van der Waals surface area contributed by atoms with Crippen molar-refractivity contribution >= 4 is 24.1 Å². The molecule has 2 rings (SSSR count). The van der Waals surface area contributed by atoms with Crippen molar-refractivity contribution in [2.24, 2.45) is 5.10 Å². The highest BCUT2D eigenvalue weighted by molar-refractivity contribution is 7.71. The normalized spacial score (nSPS) is 10.8. The number of hydrogen-bond donors (Lipinski definition) is 1. The minimum Gasteiger partial charge on any atom is -0.371 e. The molecule has 0 atom stereocenters. The summed E-state index contributed by atoms with van der Waals surface area (Å²) in [4.78, 5) is 2.18. The van der Waals surface area contributed by atoms with Gasteiger partial charge in [0, 0.05) is 18.8 Å². The van der Waals surface area contributed by atoms with Gasteiger partial charge in [-0.15, -0.1) is 0 Å². The highest BCUT2D eigenvalue weighted by Crippen LogP contribution is 2.18. The van der Waals surface area contributed by atoms with Gasteiger partial charge in [0.15, 0.2) is 0 Å². The third kappa shape index (κ3) is 3.80. The number of aromatic nitrogens is 3. The van der Waals surface area contributed by atoms with E-state index in [-0.39, 0.29) is 0 Å². The lowest BCUT2D eigenvalue weighted by Gasteiger charge is -2.22. The number of anilines is 1. The van der Waals surface area contributed by atoms with Gasteiger partial charge < -0.3 is 4.90 Å². The molecule has 0 bridgehead atoms. The topological polar surface area (TPSA) is 73.0 Å². The number of nitriles is 1. The monoisotopic (exact) mass is 314 g/mol. The Morgan fingerprint density at radius 3 is 2.95 bits per heavy atom. The van der Waals surface area contributed by atoms with Crippen molar-refractivity contribution in [1.29, 1.82) is 5.26 Å². The Balaban J connectivity index is 2.19. The predicted octanol–water partition coefficient (Wildman–Crippen LogP) is 2.87. The van der Waals surface area contributed by atoms with E-state index in [9.17, 15) is 0 Å². The highest BCUT2D eigenvalue weighted by atomic mass is 32.1. The molecule has 0 fully saturated rings. The smallest absolute Gasteiger partial charge is 0.216 e. The first-order chi connectivity index (χ1) is 10.7. The van der Waals surface area contributed by atoms with Crippen LogP contribution in [0.3, 0.4) is 0 Å². The van der Waals surface area contributed by atoms with E-state index in [0.29, 0.717) is 11.2 Å². The number of hydrogen-bond acceptors (Lipinski definition) is 5. The van der Waals surface area contributed by atoms with Crippen LogP contribution >= 0.6 is 12.2 Å². The molecule has 0 aliphatic heterocycles. The Morgan fingerprint density at radius 2 is 2.36 bits per heavy atom. The molecule has 7 heteroatoms. The van der Waals surface area contributed by atoms with E-state index in [4.69, 9.17) is 17.5 Å². The van der Waals surface area contributed by atoms with Crippen LogP contribution in [0, 0.1) is 23.0 Å². The van der Waals surface area contributed by atoms with Crippen LogP contribution in [-0.4, -0.2) is 34.2 Å². The number of nitrogens with zero attached hydrogens (tertiary/aromatic N) is 5. The van der Waals surface area contributed by atoms with E-state index in [2.05, 4.69) is 39.3 Å². The zero-order valence-corrected chi connectivity index (χ0v) is 13.5. The maximum absolute atomic E-state index is 8.73. The molecule has 0 aliphatic rings. The summed E-state index contributed by atoms with van der Waals surface area (Å²) in [5.41, 5.74) is 3.25. The molecular formula is C15H18N6S. The summed E-state index contributed by atoms with van der Waals surface area (Å²) in [7, 11) is 0. The molecule has 6 nitrogen and oxygen atoms in total. The lowest BCUT2D eigenvalue weighted by atomic mass is 10.1. The third-order valence-electron chi connectivity index (χ3n) is 3.35. The maximum Gasteiger partial charge on any atom is 0.216 e. The van der Waals surface area contributed by atoms with Crippen molar-refractivity contribution in [3.05, 3.63) is 40.4 Å². The zero-order chi connectivity index (χ0) is 15.9. The standard InChI is InChI=1S/C15H18N6S/c1-3-20(8-4-7-16)14-6-5-13(12(2)9-14)10-18-21-11-17-19-15(21)22/h5-6,9-11H,3-4,8H2,1-2H3,(H,19,22)/b18-10-. The minimum atomic E-state index is 0.458. The fraction of sp³-hybridized carbons (Fsp3) is 0.333. The van der Waals surface area contributed by atoms with Gasteiger partial charge in [0.2, 0.25) is 4.77 Å². The van der Waals surface area contributed by atoms with E-state index >= 15 is 0 Å². The fourth-order valence-corrected chi connectivity index (χ4v) is 2.25. The SMILES string of the molecule is CCN(CCC#N)c1ccc(/C=N\n2cn[nH]c2=S)c(C)c1. The lowest BCUT2D eigenvalue weighted by molar-refractivity contribution is 0.826. The second kappa shape index (κ2) is 7.52. The minimum absolute atomic E-state index is 0.458. The summed E-state index contributed by atoms with van der Waals surface area (Å²) >= 11 is 5.04. The van der Waals surface area contributed by atoms with Crippen LogP contribution in [-0.2, 0) is 0 Å². The molecule has 2 aromatic rings. The van der Waals surface area contributed by atoms with Gasteiger partial charge in [-0.1, -0.05) is 6.07 Å². The molecule has 1 heterocycles. The average molecular weight is 314 g/mol. The van der Waals surface area contributed by atoms with Crippen LogP contribution in [0.2, 0.25) is 0 Å². The van der Waals surface area contributed by atoms with Crippen molar-refractivity contribution in [2.45, 2.75) is 20.3 Å². The molecule has 22 heavy (non-hydrogen) atoms. The van der Waals surface area contributed by atoms with Crippen LogP contribution < -0.4 is 4.90 Å². The van der Waals surface area contributed by atoms with Gasteiger partial charge >= 0.3 is 0 Å². The van der Waals surface area contributed by atoms with Gasteiger partial charge in [-0.25, -0.2) is 0 Å². The van der Waals surface area contributed by atoms with E-state index in [1.807, 2.05) is 19.1 Å². The van der Waals surface area contributed by atoms with Crippen LogP contribution in [0.4, 0.5) is 5.69 Å². The maximum atomic E-state index is 8.73. The Morgan fingerprint density at radius 1 is 1.55 bits per heavy atom. The number of aromatic amines is 1. The lowest BCUT2D eigenvalue weighted by Crippen LogP contribution is -2.23. The molecule has 0 spiro atoms. The third-order valence-corrected chi connectivity index (χ3v) is 3.63. The van der Waals surface area contributed by atoms with E-state index in [1.54, 1.807) is 6.21 Å². The summed E-state index contributed by atoms with van der Waals surface area (Å²) in [5.74, 6) is 0. The van der Waals surface area contributed by atoms with Crippen LogP contribution in [0.15, 0.2) is 29.6 Å². The van der Waals surface area contributed by atoms with Gasteiger partial charge in [0.1, 0.15) is 6.33 Å². The molecular weight excluding hydrogens is 296 g/mol. The van der Waals surface area contributed by atoms with Gasteiger partial charge in [0.25, 0.3) is 0 Å². The largest absolute Gasteiger partial charge is 0.371 e. The average Bonchev–Trinajstić information content (AvgIpc) is 2.92. The Bertz CT molecular complexity index is 752. The molecule has 0 saturated carbocycles. The van der Waals surface area contributed by atoms with E-state index in [1.165, 1.54) is 11.0 Å². The molecule has 0 aliphatic carbocycles. The Kier molecular flexibility index (Phi) is 5.44. The second-order valence-electron chi connectivity index (χ2n) is 4.78. The first kappa shape index (κ1) is 15.9. The van der Waals surface area contributed by atoms with Crippen molar-refractivity contribution in [3.8, 4) is 6.07 Å². The molecule has 1 N–H and O–H groups in total. The number of aryl methyl sites for hydroxylation is 1. The Hall–Kier alpha value is -2.46. The van der Waals surface area contributed by atoms with E-state index < -0.39 is 0 Å². The quantitative estimate of drug-likeness (QED) is 0.657. The number of rotatable bonds is 6. The van der Waals surface area contributed by atoms with Gasteiger partial charge in [0.05, 0.1) is 18.7 Å². The molecule has 0 unspecified atom stereocenters. The van der Waals surface area contributed by atoms with Crippen LogP contribution in [0.1, 0.15) is 24.5 Å². The van der Waals surface area contributed by atoms with Crippen molar-refractivity contribution < 1.29 is 0 Å². The van der Waals surface area contributed by atoms with Gasteiger partial charge in [-0.05, 0) is 49.3 Å². The van der Waals surface area contributed by atoms with Crippen LogP contribution in [0.25, 0.3) is 0 Å². The molecule has 1 aromatic carbocycles. The first-order valence-corrected chi connectivity index (χ1v) is 7.45. The van der Waals surface area contributed by atoms with Crippen molar-refractivity contribution in [2.75, 3.05) is 18.0 Å². The number of benzene rings is 1. The van der Waals surface area contributed by atoms with Crippen LogP contribution in [0.5, 0.6) is 0 Å². The van der Waals surface area contributed by atoms with Crippen molar-refractivity contribution in [1.82, 2.24) is 14.9 Å². The summed E-state index contributed by atoms with van der Waals surface area (Å²) in [6, 6.07) is 8.36. The fourth-order valence-electron chi connectivity index (χ4n) is 2.11. The molecule has 1 aromatic heterocycles. The van der Waals surface area contributed by atoms with Gasteiger partial charge in [-0.3, -0.25) is 5.10 Å². The Labute approximate surface area is 134 Å². The number of H-pyrrole nitrogens is 1. The first-order valence-electron chi connectivity index (χ1n) is 7.04. The summed E-state index contributed by atoms with van der Waals surface area (Å²) in [6.07, 6.45) is 3.81. The molecule has 0 amide bonds. The zero-order valence-electron chi connectivity index (χ0n) is 12.7. The highest BCUT2D eigenvalue weighted by Gasteiger charge is 2.05. The summed E-state index contributed by atoms with van der Waals surface area (Å²) in [6.45, 7) is 5.74. The molecule has 0 radical (unpaired) electrons. The summed E-state index contributed by atoms with van der Waals surface area (Å²) in [5, 5.41) is 19.5. The molecule has 114 valence electrons. The van der Waals surface area contributed by atoms with Gasteiger partial charge in [-0.2, -0.15) is 20.1 Å². The molecule has 0 saturated heterocycles. The van der Waals surface area contributed by atoms with E-state index in [0.717, 1.165) is 29.9 Å². The second-order valence-corrected chi connectivity index (χ2v) is 5.17. The van der Waals surface area contributed by atoms with Crippen molar-refractivity contribution in [3.63, 3.8) is 0 Å². The predicted molar refractivity (Wildman–Crippen MR) is 89.7 cm³/mol.